The van der Waals surface area contributed by atoms with Gasteiger partial charge in [-0.15, -0.1) is 0 Å². The van der Waals surface area contributed by atoms with E-state index in [1.165, 1.54) is 5.57 Å². The minimum atomic E-state index is 0.167. The molecule has 0 saturated carbocycles. The minimum absolute atomic E-state index is 0.167. The Morgan fingerprint density at radius 2 is 1.92 bits per heavy atom. The molecule has 132 valence electrons. The number of aromatic nitrogens is 2. The summed E-state index contributed by atoms with van der Waals surface area (Å²) in [6.45, 7) is 11.5. The number of rotatable bonds is 3. The fourth-order valence-electron chi connectivity index (χ4n) is 3.23. The number of hydrogen-bond donors (Lipinski definition) is 0. The van der Waals surface area contributed by atoms with Crippen LogP contribution in [0.4, 0.5) is 0 Å². The number of piperidine rings is 1. The van der Waals surface area contributed by atoms with Gasteiger partial charge >= 0.3 is 0 Å². The third-order valence-corrected chi connectivity index (χ3v) is 5.40. The highest BCUT2D eigenvalue weighted by atomic mass is 35.5. The van der Waals surface area contributed by atoms with Crippen molar-refractivity contribution in [2.75, 3.05) is 13.1 Å². The van der Waals surface area contributed by atoms with E-state index in [0.717, 1.165) is 59.2 Å². The summed E-state index contributed by atoms with van der Waals surface area (Å²) < 4.78 is 1.88. The molecule has 1 aromatic carbocycles. The number of benzene rings is 1. The molecule has 0 spiro atoms. The van der Waals surface area contributed by atoms with Crippen molar-refractivity contribution in [2.24, 2.45) is 0 Å². The lowest BCUT2D eigenvalue weighted by molar-refractivity contribution is -0.130. The van der Waals surface area contributed by atoms with Gasteiger partial charge in [-0.3, -0.25) is 4.79 Å². The van der Waals surface area contributed by atoms with Gasteiger partial charge in [-0.05, 0) is 51.3 Å². The predicted octanol–water partition coefficient (Wildman–Crippen LogP) is 4.17. The first kappa shape index (κ1) is 17.7. The molecule has 1 aliphatic rings. The molecule has 1 aromatic heterocycles. The molecule has 3 rings (SSSR count). The van der Waals surface area contributed by atoms with Crippen LogP contribution in [0.1, 0.15) is 35.4 Å². The first-order valence-corrected chi connectivity index (χ1v) is 9.00. The van der Waals surface area contributed by atoms with Crippen LogP contribution in [0.25, 0.3) is 5.69 Å². The molecule has 2 aromatic rings. The van der Waals surface area contributed by atoms with E-state index in [-0.39, 0.29) is 5.91 Å². The summed E-state index contributed by atoms with van der Waals surface area (Å²) >= 11 is 6.25. The van der Waals surface area contributed by atoms with Gasteiger partial charge in [0, 0.05) is 29.4 Å². The maximum Gasteiger partial charge on any atom is 0.227 e. The van der Waals surface area contributed by atoms with Crippen molar-refractivity contribution in [2.45, 2.75) is 40.0 Å². The van der Waals surface area contributed by atoms with E-state index in [9.17, 15) is 4.79 Å². The number of amides is 1. The highest BCUT2D eigenvalue weighted by molar-refractivity contribution is 6.31. The van der Waals surface area contributed by atoms with Gasteiger partial charge in [-0.25, -0.2) is 4.68 Å². The number of halogens is 1. The second-order valence-corrected chi connectivity index (χ2v) is 7.21. The molecular formula is C20H24ClN3O. The normalized spacial score (nSPS) is 14.9. The third-order valence-electron chi connectivity index (χ3n) is 4.99. The fraction of sp³-hybridized carbons (Fsp3) is 0.400. The van der Waals surface area contributed by atoms with Gasteiger partial charge in [0.15, 0.2) is 0 Å². The Labute approximate surface area is 154 Å². The highest BCUT2D eigenvalue weighted by Crippen LogP contribution is 2.24. The summed E-state index contributed by atoms with van der Waals surface area (Å²) in [5.74, 6) is 0.167. The molecule has 0 bridgehead atoms. The van der Waals surface area contributed by atoms with Gasteiger partial charge in [0.05, 0.1) is 17.8 Å². The van der Waals surface area contributed by atoms with E-state index < -0.39 is 0 Å². The van der Waals surface area contributed by atoms with E-state index in [2.05, 4.69) is 11.7 Å². The summed E-state index contributed by atoms with van der Waals surface area (Å²) in [5.41, 5.74) is 6.08. The highest BCUT2D eigenvalue weighted by Gasteiger charge is 2.22. The first-order valence-electron chi connectivity index (χ1n) is 8.63. The standard InChI is InChI=1S/C20H24ClN3O/c1-13-7-9-23(10-8-13)20(25)12-18-15(3)22-24(16(18)4)17-6-5-14(2)19(21)11-17/h5-6,11H,1,7-10,12H2,2-4H3. The molecule has 0 aliphatic carbocycles. The number of likely N-dealkylation sites (tertiary alicyclic amines) is 1. The summed E-state index contributed by atoms with van der Waals surface area (Å²) in [6.07, 6.45) is 2.21. The van der Waals surface area contributed by atoms with E-state index in [4.69, 9.17) is 11.6 Å². The van der Waals surface area contributed by atoms with E-state index >= 15 is 0 Å². The lowest BCUT2D eigenvalue weighted by Gasteiger charge is -2.28. The Hall–Kier alpha value is -2.07. The van der Waals surface area contributed by atoms with Crippen molar-refractivity contribution in [3.63, 3.8) is 0 Å². The van der Waals surface area contributed by atoms with Crippen LogP contribution in [-0.4, -0.2) is 33.7 Å². The van der Waals surface area contributed by atoms with Crippen LogP contribution < -0.4 is 0 Å². The van der Waals surface area contributed by atoms with E-state index in [1.807, 2.05) is 48.6 Å². The van der Waals surface area contributed by atoms with Crippen LogP contribution in [0, 0.1) is 20.8 Å². The first-order chi connectivity index (χ1) is 11.9. The van der Waals surface area contributed by atoms with Gasteiger partial charge in [-0.1, -0.05) is 29.8 Å². The molecular weight excluding hydrogens is 334 g/mol. The van der Waals surface area contributed by atoms with Crippen LogP contribution in [0.2, 0.25) is 5.02 Å². The fourth-order valence-corrected chi connectivity index (χ4v) is 3.41. The summed E-state index contributed by atoms with van der Waals surface area (Å²) in [6, 6.07) is 5.90. The number of nitrogens with zero attached hydrogens (tertiary/aromatic N) is 3. The van der Waals surface area contributed by atoms with Gasteiger partial charge in [0.1, 0.15) is 0 Å². The maximum atomic E-state index is 12.7. The number of hydrogen-bond acceptors (Lipinski definition) is 2. The molecule has 1 amide bonds. The van der Waals surface area contributed by atoms with Crippen molar-refractivity contribution in [1.29, 1.82) is 0 Å². The predicted molar refractivity (Wildman–Crippen MR) is 101 cm³/mol. The second-order valence-electron chi connectivity index (χ2n) is 6.80. The topological polar surface area (TPSA) is 38.1 Å². The average molecular weight is 358 g/mol. The van der Waals surface area contributed by atoms with E-state index in [1.54, 1.807) is 0 Å². The van der Waals surface area contributed by atoms with Crippen LogP contribution in [0.5, 0.6) is 0 Å². The van der Waals surface area contributed by atoms with Crippen LogP contribution >= 0.6 is 11.6 Å². The Morgan fingerprint density at radius 3 is 2.56 bits per heavy atom. The zero-order valence-electron chi connectivity index (χ0n) is 15.1. The number of aryl methyl sites for hydroxylation is 2. The minimum Gasteiger partial charge on any atom is -0.342 e. The molecule has 1 fully saturated rings. The number of carbonyl (C=O) groups excluding carboxylic acids is 1. The Bertz CT molecular complexity index is 828. The molecule has 2 heterocycles. The van der Waals surface area contributed by atoms with Crippen LogP contribution in [0.3, 0.4) is 0 Å². The van der Waals surface area contributed by atoms with Gasteiger partial charge in [-0.2, -0.15) is 5.10 Å². The Balaban J connectivity index is 1.83. The summed E-state index contributed by atoms with van der Waals surface area (Å²) in [5, 5.41) is 5.35. The lowest BCUT2D eigenvalue weighted by Crippen LogP contribution is -2.37. The maximum absolute atomic E-state index is 12.7. The zero-order valence-corrected chi connectivity index (χ0v) is 15.9. The molecule has 1 saturated heterocycles. The van der Waals surface area contributed by atoms with Gasteiger partial charge < -0.3 is 4.90 Å². The van der Waals surface area contributed by atoms with Crippen molar-refractivity contribution in [1.82, 2.24) is 14.7 Å². The second kappa shape index (κ2) is 7.04. The lowest BCUT2D eigenvalue weighted by atomic mass is 10.0. The molecule has 1 aliphatic heterocycles. The molecule has 25 heavy (non-hydrogen) atoms. The van der Waals surface area contributed by atoms with E-state index in [0.29, 0.717) is 6.42 Å². The Morgan fingerprint density at radius 1 is 1.24 bits per heavy atom. The summed E-state index contributed by atoms with van der Waals surface area (Å²) in [4.78, 5) is 14.6. The SMILES string of the molecule is C=C1CCN(C(=O)Cc2c(C)nn(-c3ccc(C)c(Cl)c3)c2C)CC1. The largest absolute Gasteiger partial charge is 0.342 e. The van der Waals surface area contributed by atoms with Crippen molar-refractivity contribution >= 4 is 17.5 Å². The Kier molecular flexibility index (Phi) is 5.00. The van der Waals surface area contributed by atoms with Gasteiger partial charge in [0.25, 0.3) is 0 Å². The van der Waals surface area contributed by atoms with Crippen molar-refractivity contribution in [3.05, 3.63) is 57.9 Å². The van der Waals surface area contributed by atoms with Crippen LogP contribution in [0.15, 0.2) is 30.4 Å². The zero-order chi connectivity index (χ0) is 18.1. The van der Waals surface area contributed by atoms with Gasteiger partial charge in [0.2, 0.25) is 5.91 Å². The molecule has 0 atom stereocenters. The van der Waals surface area contributed by atoms with Crippen molar-refractivity contribution in [3.8, 4) is 5.69 Å². The number of carbonyl (C=O) groups is 1. The smallest absolute Gasteiger partial charge is 0.227 e. The third kappa shape index (κ3) is 3.64. The monoisotopic (exact) mass is 357 g/mol. The molecule has 5 heteroatoms. The summed E-state index contributed by atoms with van der Waals surface area (Å²) in [7, 11) is 0. The molecule has 0 N–H and O–H groups in total. The average Bonchev–Trinajstić information content (AvgIpc) is 2.86. The molecule has 0 radical (unpaired) electrons. The van der Waals surface area contributed by atoms with Crippen molar-refractivity contribution < 1.29 is 4.79 Å². The van der Waals surface area contributed by atoms with Crippen LogP contribution in [-0.2, 0) is 11.2 Å². The quantitative estimate of drug-likeness (QED) is 0.773. The molecule has 0 unspecified atom stereocenters. The molecule has 4 nitrogen and oxygen atoms in total.